The van der Waals surface area contributed by atoms with E-state index in [9.17, 15) is 0 Å². The Morgan fingerprint density at radius 1 is 1.33 bits per heavy atom. The van der Waals surface area contributed by atoms with E-state index in [1.807, 2.05) is 37.4 Å². The van der Waals surface area contributed by atoms with Crippen molar-refractivity contribution in [2.24, 2.45) is 16.3 Å². The minimum atomic E-state index is 0.374. The first-order valence-corrected chi connectivity index (χ1v) is 9.10. The van der Waals surface area contributed by atoms with Gasteiger partial charge in [-0.2, -0.15) is 0 Å². The maximum atomic E-state index is 5.98. The minimum Gasteiger partial charge on any atom is -0.492 e. The second-order valence-corrected chi connectivity index (χ2v) is 7.11. The van der Waals surface area contributed by atoms with E-state index >= 15 is 0 Å². The maximum Gasteiger partial charge on any atom is 0.191 e. The van der Waals surface area contributed by atoms with Crippen molar-refractivity contribution < 1.29 is 9.47 Å². The number of guanidine groups is 1. The van der Waals surface area contributed by atoms with Gasteiger partial charge in [-0.1, -0.05) is 24.6 Å². The summed E-state index contributed by atoms with van der Waals surface area (Å²) in [6, 6.07) is 10.4. The van der Waals surface area contributed by atoms with Crippen molar-refractivity contribution >= 4 is 5.96 Å². The summed E-state index contributed by atoms with van der Waals surface area (Å²) in [7, 11) is 1.84. The SMILES string of the molecule is CN=C(NCCOc1ccccc1)NC1C2CCOC2C12CCC2. The third-order valence-electron chi connectivity index (χ3n) is 5.96. The first-order valence-electron chi connectivity index (χ1n) is 9.10. The number of para-hydroxylation sites is 1. The van der Waals surface area contributed by atoms with Gasteiger partial charge in [0.25, 0.3) is 0 Å². The molecule has 3 aliphatic rings. The smallest absolute Gasteiger partial charge is 0.191 e. The lowest BCUT2D eigenvalue weighted by atomic mass is 9.46. The van der Waals surface area contributed by atoms with Crippen LogP contribution in [-0.2, 0) is 4.74 Å². The van der Waals surface area contributed by atoms with Crippen molar-refractivity contribution in [3.8, 4) is 5.75 Å². The molecule has 0 radical (unpaired) electrons. The molecule has 2 aliphatic carbocycles. The Balaban J connectivity index is 1.26. The maximum absolute atomic E-state index is 5.98. The van der Waals surface area contributed by atoms with Crippen molar-refractivity contribution in [2.45, 2.75) is 37.8 Å². The van der Waals surface area contributed by atoms with Crippen LogP contribution in [0.15, 0.2) is 35.3 Å². The van der Waals surface area contributed by atoms with E-state index in [1.165, 1.54) is 25.7 Å². The van der Waals surface area contributed by atoms with Gasteiger partial charge in [0.1, 0.15) is 12.4 Å². The summed E-state index contributed by atoms with van der Waals surface area (Å²) < 4.78 is 11.7. The lowest BCUT2D eigenvalue weighted by molar-refractivity contribution is -0.171. The van der Waals surface area contributed by atoms with Crippen LogP contribution < -0.4 is 15.4 Å². The van der Waals surface area contributed by atoms with Crippen LogP contribution in [0, 0.1) is 11.3 Å². The molecule has 0 aromatic heterocycles. The predicted octanol–water partition coefficient (Wildman–Crippen LogP) is 2.19. The molecule has 0 bridgehead atoms. The number of nitrogens with one attached hydrogen (secondary N) is 2. The van der Waals surface area contributed by atoms with Gasteiger partial charge in [-0.3, -0.25) is 4.99 Å². The number of benzene rings is 1. The summed E-state index contributed by atoms with van der Waals surface area (Å²) in [6.45, 7) is 2.28. The summed E-state index contributed by atoms with van der Waals surface area (Å²) in [4.78, 5) is 4.39. The molecule has 130 valence electrons. The van der Waals surface area contributed by atoms with Gasteiger partial charge in [0.2, 0.25) is 0 Å². The Morgan fingerprint density at radius 2 is 2.17 bits per heavy atom. The van der Waals surface area contributed by atoms with Crippen LogP contribution in [0.1, 0.15) is 25.7 Å². The number of aliphatic imine (C=N–C) groups is 1. The molecule has 5 nitrogen and oxygen atoms in total. The molecular weight excluding hydrogens is 302 g/mol. The molecule has 5 heteroatoms. The number of hydrogen-bond acceptors (Lipinski definition) is 3. The Bertz CT molecular complexity index is 586. The van der Waals surface area contributed by atoms with Crippen molar-refractivity contribution in [3.63, 3.8) is 0 Å². The number of nitrogens with zero attached hydrogens (tertiary/aromatic N) is 1. The number of ether oxygens (including phenoxy) is 2. The average Bonchev–Trinajstić information content (AvgIpc) is 2.99. The van der Waals surface area contributed by atoms with Crippen LogP contribution in [0.5, 0.6) is 5.75 Å². The van der Waals surface area contributed by atoms with Gasteiger partial charge >= 0.3 is 0 Å². The highest BCUT2D eigenvalue weighted by Crippen LogP contribution is 2.62. The van der Waals surface area contributed by atoms with Crippen molar-refractivity contribution in [2.75, 3.05) is 26.8 Å². The van der Waals surface area contributed by atoms with Crippen LogP contribution in [0.3, 0.4) is 0 Å². The molecule has 1 aliphatic heterocycles. The molecule has 0 amide bonds. The van der Waals surface area contributed by atoms with Gasteiger partial charge < -0.3 is 20.1 Å². The summed E-state index contributed by atoms with van der Waals surface area (Å²) >= 11 is 0. The lowest BCUT2D eigenvalue weighted by Gasteiger charge is -2.63. The summed E-state index contributed by atoms with van der Waals surface area (Å²) in [6.07, 6.45) is 5.59. The number of rotatable bonds is 5. The number of hydrogen-bond donors (Lipinski definition) is 2. The zero-order chi connectivity index (χ0) is 16.4. The highest BCUT2D eigenvalue weighted by atomic mass is 16.5. The van der Waals surface area contributed by atoms with E-state index in [0.29, 0.717) is 30.1 Å². The van der Waals surface area contributed by atoms with Gasteiger partial charge in [0.15, 0.2) is 5.96 Å². The molecule has 24 heavy (non-hydrogen) atoms. The molecule has 3 unspecified atom stereocenters. The largest absolute Gasteiger partial charge is 0.492 e. The zero-order valence-electron chi connectivity index (χ0n) is 14.3. The van der Waals surface area contributed by atoms with E-state index < -0.39 is 0 Å². The van der Waals surface area contributed by atoms with E-state index in [1.54, 1.807) is 0 Å². The van der Waals surface area contributed by atoms with E-state index in [0.717, 1.165) is 24.9 Å². The highest BCUT2D eigenvalue weighted by Gasteiger charge is 2.66. The molecule has 1 aromatic carbocycles. The van der Waals surface area contributed by atoms with Gasteiger partial charge in [0.05, 0.1) is 12.6 Å². The Labute approximate surface area is 143 Å². The second-order valence-electron chi connectivity index (χ2n) is 7.11. The summed E-state index contributed by atoms with van der Waals surface area (Å²) in [5.41, 5.74) is 0.374. The Morgan fingerprint density at radius 3 is 2.88 bits per heavy atom. The average molecular weight is 329 g/mol. The normalized spacial score (nSPS) is 30.2. The monoisotopic (exact) mass is 329 g/mol. The minimum absolute atomic E-state index is 0.374. The molecule has 1 heterocycles. The molecule has 2 saturated carbocycles. The van der Waals surface area contributed by atoms with Crippen LogP contribution in [0.2, 0.25) is 0 Å². The second kappa shape index (κ2) is 6.63. The first-order chi connectivity index (χ1) is 11.8. The molecule has 3 fully saturated rings. The first kappa shape index (κ1) is 15.8. The molecular formula is C19H27N3O2. The Hall–Kier alpha value is -1.75. The van der Waals surface area contributed by atoms with Gasteiger partial charge in [-0.15, -0.1) is 0 Å². The quantitative estimate of drug-likeness (QED) is 0.494. The van der Waals surface area contributed by atoms with E-state index in [-0.39, 0.29) is 0 Å². The Kier molecular flexibility index (Phi) is 4.35. The van der Waals surface area contributed by atoms with Crippen molar-refractivity contribution in [1.29, 1.82) is 0 Å². The number of fused-ring (bicyclic) bond motifs is 2. The van der Waals surface area contributed by atoms with Crippen LogP contribution >= 0.6 is 0 Å². The fourth-order valence-corrected chi connectivity index (χ4v) is 4.65. The van der Waals surface area contributed by atoms with Gasteiger partial charge in [-0.05, 0) is 31.4 Å². The van der Waals surface area contributed by atoms with E-state index in [2.05, 4.69) is 15.6 Å². The zero-order valence-corrected chi connectivity index (χ0v) is 14.3. The van der Waals surface area contributed by atoms with Crippen molar-refractivity contribution in [1.82, 2.24) is 10.6 Å². The third kappa shape index (κ3) is 2.65. The predicted molar refractivity (Wildman–Crippen MR) is 94.4 cm³/mol. The van der Waals surface area contributed by atoms with Gasteiger partial charge in [0, 0.05) is 31.0 Å². The third-order valence-corrected chi connectivity index (χ3v) is 5.96. The van der Waals surface area contributed by atoms with Crippen LogP contribution in [0.25, 0.3) is 0 Å². The summed E-state index contributed by atoms with van der Waals surface area (Å²) in [5.74, 6) is 2.44. The molecule has 4 rings (SSSR count). The standard InChI is InChI=1S/C19H27N3O2/c1-20-18(21-11-13-23-14-6-3-2-4-7-14)22-16-15-8-12-24-17(15)19(16)9-5-10-19/h2-4,6-7,15-17H,5,8-13H2,1H3,(H2,20,21,22). The molecule has 1 saturated heterocycles. The molecule has 2 N–H and O–H groups in total. The summed E-state index contributed by atoms with van der Waals surface area (Å²) in [5, 5.41) is 7.05. The fraction of sp³-hybridized carbons (Fsp3) is 0.632. The topological polar surface area (TPSA) is 54.9 Å². The van der Waals surface area contributed by atoms with Crippen molar-refractivity contribution in [3.05, 3.63) is 30.3 Å². The molecule has 1 aromatic rings. The fourth-order valence-electron chi connectivity index (χ4n) is 4.65. The molecule has 1 spiro atoms. The van der Waals surface area contributed by atoms with Gasteiger partial charge in [-0.25, -0.2) is 0 Å². The van der Waals surface area contributed by atoms with Crippen LogP contribution in [0.4, 0.5) is 0 Å². The molecule has 3 atom stereocenters. The van der Waals surface area contributed by atoms with Crippen LogP contribution in [-0.4, -0.2) is 44.9 Å². The lowest BCUT2D eigenvalue weighted by Crippen LogP contribution is -2.72. The van der Waals surface area contributed by atoms with E-state index in [4.69, 9.17) is 9.47 Å². The highest BCUT2D eigenvalue weighted by molar-refractivity contribution is 5.80.